The van der Waals surface area contributed by atoms with Gasteiger partial charge in [-0.05, 0) is 36.4 Å². The summed E-state index contributed by atoms with van der Waals surface area (Å²) in [7, 11) is 0. The van der Waals surface area contributed by atoms with Crippen molar-refractivity contribution in [3.63, 3.8) is 0 Å². The maximum Gasteiger partial charge on any atom is 0.253 e. The molecule has 5 nitrogen and oxygen atoms in total. The Morgan fingerprint density at radius 1 is 1.07 bits per heavy atom. The number of hydrogen-bond donors (Lipinski definition) is 0. The van der Waals surface area contributed by atoms with Crippen molar-refractivity contribution in [3.8, 4) is 5.69 Å². The van der Waals surface area contributed by atoms with Gasteiger partial charge in [-0.2, -0.15) is 0 Å². The number of amides is 1. The van der Waals surface area contributed by atoms with Crippen molar-refractivity contribution in [1.82, 2.24) is 19.4 Å². The van der Waals surface area contributed by atoms with Crippen LogP contribution in [0.2, 0.25) is 5.02 Å². The van der Waals surface area contributed by atoms with Gasteiger partial charge >= 0.3 is 0 Å². The normalized spacial score (nSPS) is 15.0. The summed E-state index contributed by atoms with van der Waals surface area (Å²) in [5.74, 6) is -0.273. The van der Waals surface area contributed by atoms with Crippen LogP contribution in [0.1, 0.15) is 15.9 Å². The summed E-state index contributed by atoms with van der Waals surface area (Å²) in [5, 5.41) is 0.441. The van der Waals surface area contributed by atoms with Gasteiger partial charge in [0.15, 0.2) is 0 Å². The van der Waals surface area contributed by atoms with Crippen molar-refractivity contribution in [3.05, 3.63) is 83.2 Å². The maximum atomic E-state index is 14.0. The van der Waals surface area contributed by atoms with Crippen LogP contribution in [0.3, 0.4) is 0 Å². The first-order valence-electron chi connectivity index (χ1n) is 9.15. The third-order valence-corrected chi connectivity index (χ3v) is 5.37. The summed E-state index contributed by atoms with van der Waals surface area (Å²) in [6.07, 6.45) is 5.29. The molecule has 7 heteroatoms. The molecule has 28 heavy (non-hydrogen) atoms. The Morgan fingerprint density at radius 2 is 1.82 bits per heavy atom. The largest absolute Gasteiger partial charge is 0.336 e. The molecule has 0 unspecified atom stereocenters. The lowest BCUT2D eigenvalue weighted by molar-refractivity contribution is 0.0627. The summed E-state index contributed by atoms with van der Waals surface area (Å²) in [6, 6.07) is 12.2. The zero-order valence-corrected chi connectivity index (χ0v) is 16.0. The number of halogens is 2. The predicted molar refractivity (Wildman–Crippen MR) is 106 cm³/mol. The van der Waals surface area contributed by atoms with Crippen molar-refractivity contribution < 1.29 is 9.18 Å². The van der Waals surface area contributed by atoms with Gasteiger partial charge in [0.2, 0.25) is 0 Å². The lowest BCUT2D eigenvalue weighted by Crippen LogP contribution is -2.48. The van der Waals surface area contributed by atoms with E-state index in [1.807, 2.05) is 39.9 Å². The van der Waals surface area contributed by atoms with Crippen molar-refractivity contribution in [2.24, 2.45) is 0 Å². The summed E-state index contributed by atoms with van der Waals surface area (Å²) in [6.45, 7) is 3.03. The Bertz CT molecular complexity index is 931. The first-order chi connectivity index (χ1) is 13.6. The van der Waals surface area contributed by atoms with E-state index in [1.165, 1.54) is 6.07 Å². The second-order valence-electron chi connectivity index (χ2n) is 6.79. The Morgan fingerprint density at radius 3 is 2.46 bits per heavy atom. The zero-order valence-electron chi connectivity index (χ0n) is 15.3. The number of hydrogen-bond acceptors (Lipinski definition) is 3. The second-order valence-corrected chi connectivity index (χ2v) is 7.19. The average Bonchev–Trinajstić information content (AvgIpc) is 3.26. The fourth-order valence-electron chi connectivity index (χ4n) is 3.39. The van der Waals surface area contributed by atoms with Crippen LogP contribution in [0.15, 0.2) is 61.2 Å². The van der Waals surface area contributed by atoms with E-state index < -0.39 is 0 Å². The molecule has 3 aromatic rings. The molecule has 0 spiro atoms. The van der Waals surface area contributed by atoms with Gasteiger partial charge in [0.1, 0.15) is 5.82 Å². The van der Waals surface area contributed by atoms with Crippen LogP contribution in [-0.4, -0.2) is 51.4 Å². The standard InChI is InChI=1S/C21H20ClFN4O/c22-19-2-1-3-20(23)18(19)14-25-10-12-26(13-11-25)21(28)16-4-6-17(7-5-16)27-9-8-24-15-27/h1-9,15H,10-14H2. The van der Waals surface area contributed by atoms with E-state index in [-0.39, 0.29) is 11.7 Å². The summed E-state index contributed by atoms with van der Waals surface area (Å²) in [5.41, 5.74) is 2.13. The molecular weight excluding hydrogens is 379 g/mol. The smallest absolute Gasteiger partial charge is 0.253 e. The molecule has 0 radical (unpaired) electrons. The highest BCUT2D eigenvalue weighted by molar-refractivity contribution is 6.31. The molecule has 2 aromatic carbocycles. The SMILES string of the molecule is O=C(c1ccc(-n2ccnc2)cc1)N1CCN(Cc2c(F)cccc2Cl)CC1. The maximum absolute atomic E-state index is 14.0. The molecule has 0 aliphatic carbocycles. The third kappa shape index (κ3) is 3.93. The van der Waals surface area contributed by atoms with Gasteiger partial charge in [0.05, 0.1) is 6.33 Å². The van der Waals surface area contributed by atoms with Crippen LogP contribution < -0.4 is 0 Å². The Balaban J connectivity index is 1.36. The number of piperazine rings is 1. The molecule has 0 bridgehead atoms. The minimum Gasteiger partial charge on any atom is -0.336 e. The number of carbonyl (C=O) groups is 1. The van der Waals surface area contributed by atoms with Crippen LogP contribution in [0, 0.1) is 5.82 Å². The zero-order chi connectivity index (χ0) is 19.5. The fraction of sp³-hybridized carbons (Fsp3) is 0.238. The van der Waals surface area contributed by atoms with E-state index in [0.717, 1.165) is 5.69 Å². The third-order valence-electron chi connectivity index (χ3n) is 5.02. The molecule has 0 N–H and O–H groups in total. The Hall–Kier alpha value is -2.70. The summed E-state index contributed by atoms with van der Waals surface area (Å²) in [4.78, 5) is 20.8. The Kier molecular flexibility index (Phi) is 5.41. The van der Waals surface area contributed by atoms with Crippen LogP contribution in [0.4, 0.5) is 4.39 Å². The number of benzene rings is 2. The highest BCUT2D eigenvalue weighted by atomic mass is 35.5. The van der Waals surface area contributed by atoms with Crippen molar-refractivity contribution in [2.75, 3.05) is 26.2 Å². The minimum absolute atomic E-state index is 0.0146. The second kappa shape index (κ2) is 8.12. The molecule has 1 aliphatic rings. The topological polar surface area (TPSA) is 41.4 Å². The van der Waals surface area contributed by atoms with Crippen LogP contribution in [-0.2, 0) is 6.54 Å². The number of nitrogens with zero attached hydrogens (tertiary/aromatic N) is 4. The van der Waals surface area contributed by atoms with Crippen LogP contribution in [0.25, 0.3) is 5.69 Å². The monoisotopic (exact) mass is 398 g/mol. The lowest BCUT2D eigenvalue weighted by atomic mass is 10.1. The van der Waals surface area contributed by atoms with Crippen molar-refractivity contribution >= 4 is 17.5 Å². The summed E-state index contributed by atoms with van der Waals surface area (Å²) >= 11 is 6.12. The van der Waals surface area contributed by atoms with Gasteiger partial charge in [-0.3, -0.25) is 9.69 Å². The van der Waals surface area contributed by atoms with Gasteiger partial charge < -0.3 is 9.47 Å². The molecule has 1 amide bonds. The molecule has 1 saturated heterocycles. The van der Waals surface area contributed by atoms with Crippen molar-refractivity contribution in [1.29, 1.82) is 0 Å². The first kappa shape index (κ1) is 18.7. The van der Waals surface area contributed by atoms with Gasteiger partial charge in [0.25, 0.3) is 5.91 Å². The molecule has 2 heterocycles. The summed E-state index contributed by atoms with van der Waals surface area (Å²) < 4.78 is 15.9. The molecule has 0 saturated carbocycles. The fourth-order valence-corrected chi connectivity index (χ4v) is 3.61. The predicted octanol–water partition coefficient (Wildman–Crippen LogP) is 3.62. The highest BCUT2D eigenvalue weighted by Gasteiger charge is 2.23. The van der Waals surface area contributed by atoms with Gasteiger partial charge in [-0.1, -0.05) is 17.7 Å². The number of aromatic nitrogens is 2. The van der Waals surface area contributed by atoms with Crippen molar-refractivity contribution in [2.45, 2.75) is 6.54 Å². The minimum atomic E-state index is -0.288. The Labute approximate surface area is 168 Å². The van der Waals surface area contributed by atoms with E-state index in [2.05, 4.69) is 9.88 Å². The molecular formula is C21H20ClFN4O. The number of carbonyl (C=O) groups excluding carboxylic acids is 1. The van der Waals surface area contributed by atoms with Gasteiger partial charge in [-0.15, -0.1) is 0 Å². The molecule has 1 aliphatic heterocycles. The quantitative estimate of drug-likeness (QED) is 0.674. The van der Waals surface area contributed by atoms with Gasteiger partial charge in [0, 0.05) is 67.0 Å². The van der Waals surface area contributed by atoms with E-state index >= 15 is 0 Å². The molecule has 0 atom stereocenters. The number of rotatable bonds is 4. The number of imidazole rings is 1. The van der Waals surface area contributed by atoms with E-state index in [4.69, 9.17) is 11.6 Å². The van der Waals surface area contributed by atoms with E-state index in [9.17, 15) is 9.18 Å². The van der Waals surface area contributed by atoms with E-state index in [1.54, 1.807) is 24.7 Å². The molecule has 1 fully saturated rings. The van der Waals surface area contributed by atoms with Crippen LogP contribution >= 0.6 is 11.6 Å². The molecule has 1 aromatic heterocycles. The molecule has 4 rings (SSSR count). The molecule has 144 valence electrons. The van der Waals surface area contributed by atoms with E-state index in [0.29, 0.717) is 48.9 Å². The highest BCUT2D eigenvalue weighted by Crippen LogP contribution is 2.21. The van der Waals surface area contributed by atoms with Crippen LogP contribution in [0.5, 0.6) is 0 Å². The van der Waals surface area contributed by atoms with Gasteiger partial charge in [-0.25, -0.2) is 9.37 Å². The lowest BCUT2D eigenvalue weighted by Gasteiger charge is -2.35. The first-order valence-corrected chi connectivity index (χ1v) is 9.52. The average molecular weight is 399 g/mol.